The number of halogens is 1. The summed E-state index contributed by atoms with van der Waals surface area (Å²) < 4.78 is 0. The fourth-order valence-electron chi connectivity index (χ4n) is 2.09. The normalized spacial score (nSPS) is 11.1. The average molecular weight is 240 g/mol. The molecule has 90 valence electrons. The molecule has 0 saturated carbocycles. The van der Waals surface area contributed by atoms with E-state index in [9.17, 15) is 0 Å². The van der Waals surface area contributed by atoms with E-state index in [-0.39, 0.29) is 0 Å². The SMILES string of the molecule is CCC(CC)c1ccc(CCCN)cc1Cl. The molecule has 0 aliphatic rings. The van der Waals surface area contributed by atoms with Gasteiger partial charge >= 0.3 is 0 Å². The van der Waals surface area contributed by atoms with Crippen LogP contribution in [-0.2, 0) is 6.42 Å². The zero-order chi connectivity index (χ0) is 12.0. The van der Waals surface area contributed by atoms with Crippen LogP contribution in [0.3, 0.4) is 0 Å². The number of rotatable bonds is 6. The minimum Gasteiger partial charge on any atom is -0.330 e. The van der Waals surface area contributed by atoms with E-state index in [1.807, 2.05) is 0 Å². The summed E-state index contributed by atoms with van der Waals surface area (Å²) in [6.07, 6.45) is 4.36. The first-order chi connectivity index (χ1) is 7.72. The number of benzene rings is 1. The van der Waals surface area contributed by atoms with Gasteiger partial charge in [-0.05, 0) is 55.3 Å². The van der Waals surface area contributed by atoms with Crippen molar-refractivity contribution in [1.82, 2.24) is 0 Å². The summed E-state index contributed by atoms with van der Waals surface area (Å²) in [7, 11) is 0. The molecule has 0 heterocycles. The summed E-state index contributed by atoms with van der Waals surface area (Å²) in [6.45, 7) is 5.17. The summed E-state index contributed by atoms with van der Waals surface area (Å²) in [5.74, 6) is 0.594. The highest BCUT2D eigenvalue weighted by Gasteiger charge is 2.11. The van der Waals surface area contributed by atoms with Gasteiger partial charge in [0.25, 0.3) is 0 Å². The maximum atomic E-state index is 6.33. The maximum Gasteiger partial charge on any atom is 0.0443 e. The van der Waals surface area contributed by atoms with Gasteiger partial charge in [0.1, 0.15) is 0 Å². The Balaban J connectivity index is 2.82. The van der Waals surface area contributed by atoms with Gasteiger partial charge in [-0.1, -0.05) is 37.6 Å². The summed E-state index contributed by atoms with van der Waals surface area (Å²) in [4.78, 5) is 0. The zero-order valence-electron chi connectivity index (χ0n) is 10.3. The minimum absolute atomic E-state index is 0.594. The lowest BCUT2D eigenvalue weighted by atomic mass is 9.92. The lowest BCUT2D eigenvalue weighted by molar-refractivity contribution is 0.641. The molecule has 1 rings (SSSR count). The molecule has 0 aliphatic heterocycles. The van der Waals surface area contributed by atoms with Crippen molar-refractivity contribution < 1.29 is 0 Å². The Kier molecular flexibility index (Phi) is 5.86. The Labute approximate surface area is 104 Å². The van der Waals surface area contributed by atoms with E-state index in [2.05, 4.69) is 32.0 Å². The summed E-state index contributed by atoms with van der Waals surface area (Å²) in [5, 5.41) is 0.920. The Morgan fingerprint density at radius 2 is 1.94 bits per heavy atom. The van der Waals surface area contributed by atoms with Crippen molar-refractivity contribution in [2.45, 2.75) is 45.4 Å². The molecule has 0 aromatic heterocycles. The average Bonchev–Trinajstić information content (AvgIpc) is 2.30. The third-order valence-electron chi connectivity index (χ3n) is 3.16. The van der Waals surface area contributed by atoms with Gasteiger partial charge in [-0.15, -0.1) is 0 Å². The monoisotopic (exact) mass is 239 g/mol. The van der Waals surface area contributed by atoms with Crippen LogP contribution in [0, 0.1) is 0 Å². The molecule has 1 nitrogen and oxygen atoms in total. The molecular weight excluding hydrogens is 218 g/mol. The maximum absolute atomic E-state index is 6.33. The van der Waals surface area contributed by atoms with Crippen molar-refractivity contribution in [3.05, 3.63) is 34.3 Å². The molecule has 0 spiro atoms. The Hall–Kier alpha value is -0.530. The van der Waals surface area contributed by atoms with Crippen molar-refractivity contribution in [1.29, 1.82) is 0 Å². The van der Waals surface area contributed by atoms with Crippen molar-refractivity contribution >= 4 is 11.6 Å². The van der Waals surface area contributed by atoms with Gasteiger partial charge in [-0.25, -0.2) is 0 Å². The summed E-state index contributed by atoms with van der Waals surface area (Å²) in [5.41, 5.74) is 8.09. The molecule has 2 heteroatoms. The molecule has 1 aromatic carbocycles. The highest BCUT2D eigenvalue weighted by Crippen LogP contribution is 2.30. The summed E-state index contributed by atoms with van der Waals surface area (Å²) in [6, 6.07) is 6.48. The molecule has 0 saturated heterocycles. The number of nitrogens with two attached hydrogens (primary N) is 1. The van der Waals surface area contributed by atoms with Crippen molar-refractivity contribution in [2.75, 3.05) is 6.54 Å². The Bertz CT molecular complexity index is 319. The predicted octanol–water partition coefficient (Wildman–Crippen LogP) is 4.13. The lowest BCUT2D eigenvalue weighted by Crippen LogP contribution is -2.01. The first-order valence-electron chi connectivity index (χ1n) is 6.21. The van der Waals surface area contributed by atoms with E-state index in [0.29, 0.717) is 5.92 Å². The standard InChI is InChI=1S/C14H22ClN/c1-3-12(4-2)13-8-7-11(6-5-9-16)10-14(13)15/h7-8,10,12H,3-6,9,16H2,1-2H3. The molecule has 0 amide bonds. The largest absolute Gasteiger partial charge is 0.330 e. The van der Waals surface area contributed by atoms with E-state index in [0.717, 1.165) is 37.3 Å². The Morgan fingerprint density at radius 3 is 2.44 bits per heavy atom. The molecule has 0 fully saturated rings. The molecular formula is C14H22ClN. The fourth-order valence-corrected chi connectivity index (χ4v) is 2.45. The van der Waals surface area contributed by atoms with Crippen molar-refractivity contribution in [3.8, 4) is 0 Å². The molecule has 0 aliphatic carbocycles. The number of hydrogen-bond acceptors (Lipinski definition) is 1. The van der Waals surface area contributed by atoms with Crippen LogP contribution >= 0.6 is 11.6 Å². The van der Waals surface area contributed by atoms with E-state index < -0.39 is 0 Å². The number of hydrogen-bond donors (Lipinski definition) is 1. The highest BCUT2D eigenvalue weighted by atomic mass is 35.5. The van der Waals surface area contributed by atoms with Crippen LogP contribution in [0.4, 0.5) is 0 Å². The molecule has 0 bridgehead atoms. The second kappa shape index (κ2) is 6.93. The predicted molar refractivity (Wildman–Crippen MR) is 72.2 cm³/mol. The first-order valence-corrected chi connectivity index (χ1v) is 6.59. The van der Waals surface area contributed by atoms with Gasteiger partial charge < -0.3 is 5.73 Å². The van der Waals surface area contributed by atoms with Crippen LogP contribution in [0.25, 0.3) is 0 Å². The zero-order valence-corrected chi connectivity index (χ0v) is 11.1. The van der Waals surface area contributed by atoms with E-state index >= 15 is 0 Å². The van der Waals surface area contributed by atoms with Crippen LogP contribution in [-0.4, -0.2) is 6.54 Å². The molecule has 0 radical (unpaired) electrons. The van der Waals surface area contributed by atoms with E-state index in [1.54, 1.807) is 0 Å². The molecule has 2 N–H and O–H groups in total. The van der Waals surface area contributed by atoms with Gasteiger partial charge in [-0.2, -0.15) is 0 Å². The van der Waals surface area contributed by atoms with E-state index in [1.165, 1.54) is 11.1 Å². The smallest absolute Gasteiger partial charge is 0.0443 e. The van der Waals surface area contributed by atoms with Gasteiger partial charge in [0.2, 0.25) is 0 Å². The molecule has 16 heavy (non-hydrogen) atoms. The van der Waals surface area contributed by atoms with Crippen LogP contribution in [0.15, 0.2) is 18.2 Å². The van der Waals surface area contributed by atoms with Gasteiger partial charge in [0.05, 0.1) is 0 Å². The van der Waals surface area contributed by atoms with Gasteiger partial charge in [0.15, 0.2) is 0 Å². The fraction of sp³-hybridized carbons (Fsp3) is 0.571. The molecule has 0 unspecified atom stereocenters. The Morgan fingerprint density at radius 1 is 1.25 bits per heavy atom. The van der Waals surface area contributed by atoms with E-state index in [4.69, 9.17) is 17.3 Å². The quantitative estimate of drug-likeness (QED) is 0.794. The third-order valence-corrected chi connectivity index (χ3v) is 3.49. The van der Waals surface area contributed by atoms with Crippen LogP contribution in [0.1, 0.15) is 50.2 Å². The van der Waals surface area contributed by atoms with Crippen molar-refractivity contribution in [2.24, 2.45) is 5.73 Å². The third kappa shape index (κ3) is 3.50. The van der Waals surface area contributed by atoms with Crippen LogP contribution < -0.4 is 5.73 Å². The molecule has 1 aromatic rings. The topological polar surface area (TPSA) is 26.0 Å². The second-order valence-corrected chi connectivity index (χ2v) is 4.67. The van der Waals surface area contributed by atoms with Crippen LogP contribution in [0.5, 0.6) is 0 Å². The summed E-state index contributed by atoms with van der Waals surface area (Å²) >= 11 is 6.33. The second-order valence-electron chi connectivity index (χ2n) is 4.26. The lowest BCUT2D eigenvalue weighted by Gasteiger charge is -2.15. The molecule has 0 atom stereocenters. The number of aryl methyl sites for hydroxylation is 1. The minimum atomic E-state index is 0.594. The first kappa shape index (κ1) is 13.5. The highest BCUT2D eigenvalue weighted by molar-refractivity contribution is 6.31. The van der Waals surface area contributed by atoms with Crippen molar-refractivity contribution in [3.63, 3.8) is 0 Å². The van der Waals surface area contributed by atoms with Gasteiger partial charge in [-0.3, -0.25) is 0 Å². The van der Waals surface area contributed by atoms with Gasteiger partial charge in [0, 0.05) is 5.02 Å². The van der Waals surface area contributed by atoms with Crippen LogP contribution in [0.2, 0.25) is 5.02 Å².